The summed E-state index contributed by atoms with van der Waals surface area (Å²) in [6.07, 6.45) is 25.5. The van der Waals surface area contributed by atoms with Crippen LogP contribution in [0.5, 0.6) is 0 Å². The van der Waals surface area contributed by atoms with Gasteiger partial charge in [0.25, 0.3) is 0 Å². The molecule has 11 heteroatoms. The maximum absolute atomic E-state index is 13.4. The van der Waals surface area contributed by atoms with Crippen molar-refractivity contribution in [3.63, 3.8) is 0 Å². The second-order valence-electron chi connectivity index (χ2n) is 24.5. The molecule has 0 spiro atoms. The van der Waals surface area contributed by atoms with E-state index in [0.717, 1.165) is 92.8 Å². The second-order valence-corrected chi connectivity index (χ2v) is 24.5. The van der Waals surface area contributed by atoms with Crippen molar-refractivity contribution in [3.8, 4) is 0 Å². The summed E-state index contributed by atoms with van der Waals surface area (Å²) in [7, 11) is 3.41. The minimum absolute atomic E-state index is 0.120. The highest BCUT2D eigenvalue weighted by Gasteiger charge is 2.64. The molecule has 8 aliphatic rings. The van der Waals surface area contributed by atoms with Crippen molar-refractivity contribution in [3.05, 3.63) is 30.1 Å². The van der Waals surface area contributed by atoms with Crippen LogP contribution in [0.25, 0.3) is 0 Å². The minimum atomic E-state index is -0.640. The average molecular weight is 886 g/mol. The molecule has 0 saturated heterocycles. The number of aliphatic hydroxyl groups is 2. The highest BCUT2D eigenvalue weighted by molar-refractivity contribution is 5.82. The molecule has 0 amide bonds. The predicted molar refractivity (Wildman–Crippen MR) is 246 cm³/mol. The quantitative estimate of drug-likeness (QED) is 0.239. The van der Waals surface area contributed by atoms with Crippen LogP contribution in [0.4, 0.5) is 0 Å². The SMILES string of the molecule is COC[C@@]1(O)CC[C@@]2(C)[C@@H](CC[C@@H]3[C@@H]2CC[C@]2(C)[C@@H](C(=O)Cn4cnc(C)c4)CC[C@@H]32)C1.COC[C@@]1(O)CC[C@@]2(C)[C@@H](CC[C@@H]3[C@@H]2CC[C@]2(C)[C@@H](C(=O)Cn4ncc(C)n4)CC[C@@H]32)C1. The molecular formula is C53H83N5O6. The van der Waals surface area contributed by atoms with Gasteiger partial charge in [0, 0.05) is 32.3 Å². The second kappa shape index (κ2) is 17.2. The summed E-state index contributed by atoms with van der Waals surface area (Å²) >= 11 is 0. The van der Waals surface area contributed by atoms with Crippen LogP contribution in [0.1, 0.15) is 155 Å². The van der Waals surface area contributed by atoms with Gasteiger partial charge in [-0.15, -0.1) is 0 Å². The van der Waals surface area contributed by atoms with E-state index in [0.29, 0.717) is 72.4 Å². The molecule has 0 aliphatic heterocycles. The van der Waals surface area contributed by atoms with E-state index >= 15 is 0 Å². The fourth-order valence-electron chi connectivity index (χ4n) is 18.1. The Morgan fingerprint density at radius 2 is 1.11 bits per heavy atom. The van der Waals surface area contributed by atoms with E-state index in [1.165, 1.54) is 57.8 Å². The summed E-state index contributed by atoms with van der Waals surface area (Å²) in [5.74, 6) is 6.55. The van der Waals surface area contributed by atoms with Crippen molar-refractivity contribution in [2.45, 2.75) is 181 Å². The number of hydrogen-bond acceptors (Lipinski definition) is 9. The lowest BCUT2D eigenvalue weighted by atomic mass is 9.44. The lowest BCUT2D eigenvalue weighted by molar-refractivity contribution is -0.164. The van der Waals surface area contributed by atoms with Gasteiger partial charge in [-0.1, -0.05) is 27.7 Å². The molecule has 8 saturated carbocycles. The van der Waals surface area contributed by atoms with Gasteiger partial charge in [0.15, 0.2) is 11.6 Å². The van der Waals surface area contributed by atoms with Gasteiger partial charge >= 0.3 is 0 Å². The largest absolute Gasteiger partial charge is 0.387 e. The molecule has 8 aliphatic carbocycles. The first-order valence-corrected chi connectivity index (χ1v) is 25.7. The van der Waals surface area contributed by atoms with Crippen LogP contribution >= 0.6 is 0 Å². The highest BCUT2D eigenvalue weighted by Crippen LogP contribution is 2.70. The van der Waals surface area contributed by atoms with E-state index < -0.39 is 11.2 Å². The first-order valence-electron chi connectivity index (χ1n) is 25.7. The Morgan fingerprint density at radius 1 is 0.625 bits per heavy atom. The molecule has 2 aromatic rings. The maximum Gasteiger partial charge on any atom is 0.159 e. The van der Waals surface area contributed by atoms with E-state index in [9.17, 15) is 19.8 Å². The molecule has 2 N–H and O–H groups in total. The molecule has 0 aromatic carbocycles. The van der Waals surface area contributed by atoms with Gasteiger partial charge in [0.05, 0.1) is 54.9 Å². The summed E-state index contributed by atoms with van der Waals surface area (Å²) in [6, 6.07) is 0. The lowest BCUT2D eigenvalue weighted by Crippen LogP contribution is -2.57. The molecule has 10 rings (SSSR count). The van der Waals surface area contributed by atoms with Gasteiger partial charge < -0.3 is 24.3 Å². The van der Waals surface area contributed by atoms with Crippen LogP contribution < -0.4 is 0 Å². The fraction of sp³-hybridized carbons (Fsp3) is 0.868. The van der Waals surface area contributed by atoms with Crippen LogP contribution in [0.15, 0.2) is 18.7 Å². The molecule has 8 fully saturated rings. The molecule has 0 bridgehead atoms. The Kier molecular flexibility index (Phi) is 12.6. The zero-order valence-corrected chi connectivity index (χ0v) is 40.8. The Labute approximate surface area is 384 Å². The first-order chi connectivity index (χ1) is 30.4. The topological polar surface area (TPSA) is 142 Å². The van der Waals surface area contributed by atoms with Gasteiger partial charge in [-0.05, 0) is 198 Å². The number of carbonyl (C=O) groups excluding carboxylic acids is 2. The fourth-order valence-corrected chi connectivity index (χ4v) is 18.1. The summed E-state index contributed by atoms with van der Waals surface area (Å²) < 4.78 is 12.7. The predicted octanol–water partition coefficient (Wildman–Crippen LogP) is 8.99. The number of carbonyl (C=O) groups is 2. The number of aromatic nitrogens is 5. The molecule has 0 radical (unpaired) electrons. The van der Waals surface area contributed by atoms with E-state index in [1.807, 2.05) is 24.6 Å². The summed E-state index contributed by atoms with van der Waals surface area (Å²) in [5, 5.41) is 30.7. The monoisotopic (exact) mass is 886 g/mol. The number of nitrogens with zero attached hydrogens (tertiary/aromatic N) is 5. The molecule has 356 valence electrons. The number of Topliss-reactive ketones (excluding diaryl/α,β-unsaturated/α-hetero) is 2. The number of rotatable bonds is 10. The van der Waals surface area contributed by atoms with Crippen LogP contribution in [-0.2, 0) is 32.2 Å². The van der Waals surface area contributed by atoms with Crippen LogP contribution in [-0.4, -0.2) is 85.0 Å². The number of hydrogen-bond donors (Lipinski definition) is 2. The van der Waals surface area contributed by atoms with Crippen LogP contribution in [0.2, 0.25) is 0 Å². The highest BCUT2D eigenvalue weighted by atomic mass is 16.5. The van der Waals surface area contributed by atoms with Gasteiger partial charge in [-0.25, -0.2) is 4.98 Å². The van der Waals surface area contributed by atoms with E-state index in [2.05, 4.69) is 42.9 Å². The molecule has 2 aromatic heterocycles. The van der Waals surface area contributed by atoms with E-state index in [1.54, 1.807) is 31.5 Å². The van der Waals surface area contributed by atoms with Crippen molar-refractivity contribution in [2.24, 2.45) is 80.8 Å². The van der Waals surface area contributed by atoms with Gasteiger partial charge in [-0.2, -0.15) is 15.0 Å². The molecular weight excluding hydrogens is 803 g/mol. The smallest absolute Gasteiger partial charge is 0.159 e. The maximum atomic E-state index is 13.4. The number of ketones is 2. The lowest BCUT2D eigenvalue weighted by Gasteiger charge is -2.62. The minimum Gasteiger partial charge on any atom is -0.387 e. The Hall–Kier alpha value is -2.47. The average Bonchev–Trinajstić information content (AvgIpc) is 4.03. The number of imidazole rings is 1. The number of aryl methyl sites for hydroxylation is 2. The van der Waals surface area contributed by atoms with Gasteiger partial charge in [0.2, 0.25) is 0 Å². The molecule has 2 heterocycles. The third kappa shape index (κ3) is 8.01. The third-order valence-electron chi connectivity index (χ3n) is 21.3. The molecule has 0 unspecified atom stereocenters. The normalized spacial score (nSPS) is 45.7. The van der Waals surface area contributed by atoms with Crippen molar-refractivity contribution in [1.29, 1.82) is 0 Å². The summed E-state index contributed by atoms with van der Waals surface area (Å²) in [5.41, 5.74) is 1.50. The third-order valence-corrected chi connectivity index (χ3v) is 21.3. The van der Waals surface area contributed by atoms with Crippen molar-refractivity contribution < 1.29 is 29.3 Å². The Morgan fingerprint density at radius 3 is 1.55 bits per heavy atom. The zero-order valence-electron chi connectivity index (χ0n) is 40.8. The van der Waals surface area contributed by atoms with Crippen molar-refractivity contribution >= 4 is 11.6 Å². The van der Waals surface area contributed by atoms with Crippen LogP contribution in [0.3, 0.4) is 0 Å². The van der Waals surface area contributed by atoms with E-state index in [4.69, 9.17) is 9.47 Å². The number of methoxy groups -OCH3 is 2. The van der Waals surface area contributed by atoms with Crippen molar-refractivity contribution in [1.82, 2.24) is 24.5 Å². The standard InChI is InChI=1S/C27H42N2O3.C26H41N3O3/c1-18-14-29(17-28-18)15-24(30)23-8-7-21-20-6-5-19-13-27(31,16-32-4)12-11-25(19,2)22(20)9-10-26(21,23)3;1-17-14-27-29(28-17)15-23(30)22-8-7-20-19-6-5-18-13-26(31,16-32-4)12-11-24(18,2)21(19)9-10-25(20,22)3/h14,17,19-23,31H,5-13,15-16H2,1-4H3;14,18-22,31H,5-13,15-16H2,1-4H3/t19-,20-,21-,22-,23+,25-,26-,27+;18-,19-,20-,21-,22+,24-,25-,26+/m00/s1. The molecule has 64 heavy (non-hydrogen) atoms. The van der Waals surface area contributed by atoms with Gasteiger partial charge in [-0.3, -0.25) is 9.59 Å². The summed E-state index contributed by atoms with van der Waals surface area (Å²) in [4.78, 5) is 32.6. The van der Waals surface area contributed by atoms with Gasteiger partial charge in [0.1, 0.15) is 6.54 Å². The Bertz CT molecular complexity index is 1880. The molecule has 16 atom stereocenters. The Balaban J connectivity index is 0.000000162. The van der Waals surface area contributed by atoms with E-state index in [-0.39, 0.29) is 22.7 Å². The first kappa shape index (κ1) is 46.6. The van der Waals surface area contributed by atoms with Crippen molar-refractivity contribution in [2.75, 3.05) is 27.4 Å². The zero-order chi connectivity index (χ0) is 45.5. The number of fused-ring (bicyclic) bond motifs is 10. The summed E-state index contributed by atoms with van der Waals surface area (Å²) in [6.45, 7) is 15.5. The number of ether oxygens (including phenoxy) is 2. The molecule has 11 nitrogen and oxygen atoms in total. The van der Waals surface area contributed by atoms with Crippen LogP contribution in [0, 0.1) is 94.7 Å².